The molecule has 0 radical (unpaired) electrons. The average molecular weight is 398 g/mol. The number of sulfonamides is 1. The van der Waals surface area contributed by atoms with E-state index < -0.39 is 10.0 Å². The molecule has 2 aromatic rings. The summed E-state index contributed by atoms with van der Waals surface area (Å²) in [6.45, 7) is 8.87. The molecule has 0 unspecified atom stereocenters. The van der Waals surface area contributed by atoms with Gasteiger partial charge in [0, 0.05) is 6.04 Å². The van der Waals surface area contributed by atoms with E-state index in [9.17, 15) is 8.42 Å². The Morgan fingerprint density at radius 2 is 1.64 bits per heavy atom. The molecule has 1 saturated carbocycles. The van der Waals surface area contributed by atoms with Crippen LogP contribution in [0.4, 0.5) is 0 Å². The maximum atomic E-state index is 13.0. The molecule has 3 nitrogen and oxygen atoms in total. The Hall–Kier alpha value is -1.65. The lowest BCUT2D eigenvalue weighted by molar-refractivity contribution is 0.0158. The Balaban J connectivity index is 1.64. The van der Waals surface area contributed by atoms with Crippen molar-refractivity contribution in [3.63, 3.8) is 0 Å². The lowest BCUT2D eigenvalue weighted by Gasteiger charge is -2.57. The molecule has 4 heteroatoms. The number of nitrogens with one attached hydrogen (secondary N) is 1. The lowest BCUT2D eigenvalue weighted by atomic mass is 9.49. The summed E-state index contributed by atoms with van der Waals surface area (Å²) in [5.74, 6) is 0.453. The molecule has 1 fully saturated rings. The second-order valence-electron chi connectivity index (χ2n) is 9.51. The second-order valence-corrected chi connectivity index (χ2v) is 11.2. The summed E-state index contributed by atoms with van der Waals surface area (Å²) in [6, 6.07) is 15.9. The fourth-order valence-corrected chi connectivity index (χ4v) is 7.27. The van der Waals surface area contributed by atoms with Crippen LogP contribution in [0.15, 0.2) is 53.4 Å². The highest BCUT2D eigenvalue weighted by molar-refractivity contribution is 7.89. The maximum absolute atomic E-state index is 13.0. The van der Waals surface area contributed by atoms with Gasteiger partial charge >= 0.3 is 0 Å². The quantitative estimate of drug-likeness (QED) is 0.794. The van der Waals surface area contributed by atoms with Crippen LogP contribution in [-0.4, -0.2) is 14.5 Å². The van der Waals surface area contributed by atoms with Crippen LogP contribution in [0.1, 0.15) is 56.7 Å². The lowest BCUT2D eigenvalue weighted by Crippen LogP contribution is -2.58. The van der Waals surface area contributed by atoms with Crippen molar-refractivity contribution in [2.24, 2.45) is 11.3 Å². The topological polar surface area (TPSA) is 46.2 Å². The third-order valence-electron chi connectivity index (χ3n) is 7.48. The highest BCUT2D eigenvalue weighted by Crippen LogP contribution is 2.57. The molecule has 0 bridgehead atoms. The summed E-state index contributed by atoms with van der Waals surface area (Å²) >= 11 is 0. The van der Waals surface area contributed by atoms with Crippen LogP contribution in [0.5, 0.6) is 0 Å². The molecule has 0 saturated heterocycles. The minimum atomic E-state index is -3.52. The first-order valence-electron chi connectivity index (χ1n) is 10.3. The molecule has 1 N–H and O–H groups in total. The molecule has 0 aromatic heterocycles. The molecule has 2 aliphatic carbocycles. The Morgan fingerprint density at radius 3 is 2.36 bits per heavy atom. The minimum absolute atomic E-state index is 0.0536. The standard InChI is InChI=1S/C24H31NO2S/c1-17-9-12-19(13-10-17)28(26,27)25-22-15-16-24(4)20-8-6-5-7-18(20)11-14-21(24)23(22,2)3/h5-10,12-13,21-22,25H,11,14-16H2,1-4H3/t21-,22-,24+/m0/s1. The van der Waals surface area contributed by atoms with Crippen molar-refractivity contribution in [1.82, 2.24) is 4.72 Å². The van der Waals surface area contributed by atoms with E-state index in [0.717, 1.165) is 31.2 Å². The summed E-state index contributed by atoms with van der Waals surface area (Å²) in [5.41, 5.74) is 4.01. The van der Waals surface area contributed by atoms with Gasteiger partial charge in [0.25, 0.3) is 0 Å². The Labute approximate surface area is 169 Å². The Bertz CT molecular complexity index is 978. The van der Waals surface area contributed by atoms with Gasteiger partial charge in [0.15, 0.2) is 0 Å². The summed E-state index contributed by atoms with van der Waals surface area (Å²) in [5, 5.41) is 0. The van der Waals surface area contributed by atoms with Crippen LogP contribution < -0.4 is 4.72 Å². The molecule has 150 valence electrons. The third-order valence-corrected chi connectivity index (χ3v) is 8.97. The fraction of sp³-hybridized carbons (Fsp3) is 0.500. The minimum Gasteiger partial charge on any atom is -0.208 e. The monoisotopic (exact) mass is 397 g/mol. The first-order valence-corrected chi connectivity index (χ1v) is 11.8. The van der Waals surface area contributed by atoms with Crippen LogP contribution in [-0.2, 0) is 21.9 Å². The summed E-state index contributed by atoms with van der Waals surface area (Å²) in [7, 11) is -3.52. The molecular formula is C24H31NO2S. The number of hydrogen-bond acceptors (Lipinski definition) is 2. The SMILES string of the molecule is Cc1ccc(S(=O)(=O)N[C@H]2CC[C@]3(C)c4ccccc4CC[C@H]3C2(C)C)cc1. The highest BCUT2D eigenvalue weighted by Gasteiger charge is 2.54. The van der Waals surface area contributed by atoms with Crippen molar-refractivity contribution in [3.8, 4) is 0 Å². The van der Waals surface area contributed by atoms with Gasteiger partial charge in [-0.25, -0.2) is 13.1 Å². The zero-order valence-electron chi connectivity index (χ0n) is 17.3. The van der Waals surface area contributed by atoms with E-state index in [1.807, 2.05) is 19.1 Å². The van der Waals surface area contributed by atoms with E-state index in [1.54, 1.807) is 12.1 Å². The van der Waals surface area contributed by atoms with Gasteiger partial charge in [-0.3, -0.25) is 0 Å². The number of benzene rings is 2. The molecule has 4 rings (SSSR count). The van der Waals surface area contributed by atoms with E-state index in [4.69, 9.17) is 0 Å². The van der Waals surface area contributed by atoms with Crippen LogP contribution in [0.25, 0.3) is 0 Å². The smallest absolute Gasteiger partial charge is 0.208 e. The second kappa shape index (κ2) is 6.70. The van der Waals surface area contributed by atoms with Gasteiger partial charge in [0.2, 0.25) is 10.0 Å². The Kier molecular flexibility index (Phi) is 4.71. The van der Waals surface area contributed by atoms with Gasteiger partial charge in [-0.15, -0.1) is 0 Å². The zero-order chi connectivity index (χ0) is 20.2. The number of rotatable bonds is 3. The van der Waals surface area contributed by atoms with Crippen LogP contribution in [0, 0.1) is 18.3 Å². The van der Waals surface area contributed by atoms with Crippen molar-refractivity contribution in [3.05, 3.63) is 65.2 Å². The van der Waals surface area contributed by atoms with Crippen molar-refractivity contribution >= 4 is 10.0 Å². The van der Waals surface area contributed by atoms with Gasteiger partial charge in [0.1, 0.15) is 0 Å². The molecule has 0 heterocycles. The van der Waals surface area contributed by atoms with Crippen molar-refractivity contribution < 1.29 is 8.42 Å². The fourth-order valence-electron chi connectivity index (χ4n) is 5.85. The van der Waals surface area contributed by atoms with Crippen molar-refractivity contribution in [2.45, 2.75) is 69.7 Å². The van der Waals surface area contributed by atoms with Crippen molar-refractivity contribution in [1.29, 1.82) is 0 Å². The summed E-state index contributed by atoms with van der Waals surface area (Å²) in [6.07, 6.45) is 4.07. The third kappa shape index (κ3) is 3.11. The molecule has 0 amide bonds. The van der Waals surface area contributed by atoms with E-state index in [-0.39, 0.29) is 16.9 Å². The van der Waals surface area contributed by atoms with E-state index in [0.29, 0.717) is 10.8 Å². The number of hydrogen-bond donors (Lipinski definition) is 1. The largest absolute Gasteiger partial charge is 0.240 e. The van der Waals surface area contributed by atoms with Crippen LogP contribution >= 0.6 is 0 Å². The van der Waals surface area contributed by atoms with Crippen LogP contribution in [0.3, 0.4) is 0 Å². The highest BCUT2D eigenvalue weighted by atomic mass is 32.2. The van der Waals surface area contributed by atoms with E-state index >= 15 is 0 Å². The van der Waals surface area contributed by atoms with E-state index in [2.05, 4.69) is 49.8 Å². The first kappa shape index (κ1) is 19.7. The Morgan fingerprint density at radius 1 is 0.964 bits per heavy atom. The summed E-state index contributed by atoms with van der Waals surface area (Å²) in [4.78, 5) is 0.358. The van der Waals surface area contributed by atoms with Gasteiger partial charge in [-0.1, -0.05) is 62.7 Å². The van der Waals surface area contributed by atoms with E-state index in [1.165, 1.54) is 11.1 Å². The van der Waals surface area contributed by atoms with Gasteiger partial charge in [-0.2, -0.15) is 0 Å². The maximum Gasteiger partial charge on any atom is 0.240 e. The molecule has 2 aliphatic rings. The number of aryl methyl sites for hydroxylation is 2. The molecular weight excluding hydrogens is 366 g/mol. The predicted molar refractivity (Wildman–Crippen MR) is 114 cm³/mol. The molecule has 2 aromatic carbocycles. The number of fused-ring (bicyclic) bond motifs is 3. The first-order chi connectivity index (χ1) is 13.1. The van der Waals surface area contributed by atoms with Crippen molar-refractivity contribution in [2.75, 3.05) is 0 Å². The predicted octanol–water partition coefficient (Wildman–Crippen LogP) is 4.98. The van der Waals surface area contributed by atoms with Gasteiger partial charge in [-0.05, 0) is 72.6 Å². The normalized spacial score (nSPS) is 29.0. The van der Waals surface area contributed by atoms with Gasteiger partial charge in [0.05, 0.1) is 4.90 Å². The summed E-state index contributed by atoms with van der Waals surface area (Å²) < 4.78 is 29.1. The molecule has 28 heavy (non-hydrogen) atoms. The molecule has 3 atom stereocenters. The van der Waals surface area contributed by atoms with Gasteiger partial charge < -0.3 is 0 Å². The molecule has 0 spiro atoms. The zero-order valence-corrected chi connectivity index (χ0v) is 18.1. The van der Waals surface area contributed by atoms with Crippen LogP contribution in [0.2, 0.25) is 0 Å². The molecule has 0 aliphatic heterocycles. The average Bonchev–Trinajstić information content (AvgIpc) is 2.65.